The summed E-state index contributed by atoms with van der Waals surface area (Å²) in [5, 5.41) is 21.8. The van der Waals surface area contributed by atoms with Crippen molar-refractivity contribution in [2.24, 2.45) is 0 Å². The zero-order valence-electron chi connectivity index (χ0n) is 10.8. The summed E-state index contributed by atoms with van der Waals surface area (Å²) in [6.07, 6.45) is 0. The van der Waals surface area contributed by atoms with Gasteiger partial charge in [-0.2, -0.15) is 0 Å². The summed E-state index contributed by atoms with van der Waals surface area (Å²) in [5.74, 6) is -1.64. The Morgan fingerprint density at radius 1 is 1.15 bits per heavy atom. The third-order valence-electron chi connectivity index (χ3n) is 2.94. The molecule has 5 heteroatoms. The second-order valence-corrected chi connectivity index (χ2v) is 4.42. The van der Waals surface area contributed by atoms with Crippen LogP contribution in [-0.2, 0) is 0 Å². The van der Waals surface area contributed by atoms with E-state index in [9.17, 15) is 19.4 Å². The molecular weight excluding hydrogens is 261 g/mol. The van der Waals surface area contributed by atoms with Gasteiger partial charge in [-0.1, -0.05) is 18.2 Å². The van der Waals surface area contributed by atoms with Gasteiger partial charge in [-0.05, 0) is 36.8 Å². The van der Waals surface area contributed by atoms with E-state index < -0.39 is 17.8 Å². The fraction of sp³-hybridized carbons (Fsp3) is 0.133. The highest BCUT2D eigenvalue weighted by molar-refractivity contribution is 5.99. The first kappa shape index (κ1) is 13.9. The van der Waals surface area contributed by atoms with Crippen LogP contribution in [0.25, 0.3) is 0 Å². The van der Waals surface area contributed by atoms with E-state index in [1.807, 2.05) is 0 Å². The number of rotatable bonds is 3. The Bertz CT molecular complexity index is 623. The van der Waals surface area contributed by atoms with E-state index in [1.54, 1.807) is 19.1 Å². The maximum Gasteiger partial charge on any atom is 0.259 e. The summed E-state index contributed by atoms with van der Waals surface area (Å²) >= 11 is 0. The predicted octanol–water partition coefficient (Wildman–Crippen LogP) is 2.73. The highest BCUT2D eigenvalue weighted by atomic mass is 19.1. The number of carbonyl (C=O) groups excluding carboxylic acids is 1. The molecule has 1 atom stereocenters. The van der Waals surface area contributed by atoms with Crippen molar-refractivity contribution in [3.05, 3.63) is 59.4 Å². The van der Waals surface area contributed by atoms with Crippen molar-refractivity contribution < 1.29 is 19.4 Å². The van der Waals surface area contributed by atoms with Crippen LogP contribution in [0.4, 0.5) is 4.39 Å². The molecule has 3 N–H and O–H groups in total. The van der Waals surface area contributed by atoms with Gasteiger partial charge in [0.1, 0.15) is 22.9 Å². The highest BCUT2D eigenvalue weighted by Crippen LogP contribution is 2.26. The summed E-state index contributed by atoms with van der Waals surface area (Å²) in [5.41, 5.74) is 0.393. The molecule has 20 heavy (non-hydrogen) atoms. The van der Waals surface area contributed by atoms with Gasteiger partial charge >= 0.3 is 0 Å². The quantitative estimate of drug-likeness (QED) is 0.806. The molecule has 0 aliphatic rings. The Morgan fingerprint density at radius 3 is 2.35 bits per heavy atom. The van der Waals surface area contributed by atoms with Crippen LogP contribution in [0.3, 0.4) is 0 Å². The first-order valence-electron chi connectivity index (χ1n) is 6.06. The summed E-state index contributed by atoms with van der Waals surface area (Å²) in [4.78, 5) is 12.0. The number of carbonyl (C=O) groups is 1. The topological polar surface area (TPSA) is 69.6 Å². The zero-order chi connectivity index (χ0) is 14.7. The minimum absolute atomic E-state index is 0.198. The van der Waals surface area contributed by atoms with Crippen LogP contribution in [0.15, 0.2) is 42.5 Å². The van der Waals surface area contributed by atoms with Crippen LogP contribution in [0, 0.1) is 5.82 Å². The van der Waals surface area contributed by atoms with Gasteiger partial charge in [0.05, 0.1) is 6.04 Å². The molecule has 0 aliphatic heterocycles. The first-order chi connectivity index (χ1) is 9.49. The monoisotopic (exact) mass is 275 g/mol. The largest absolute Gasteiger partial charge is 0.507 e. The van der Waals surface area contributed by atoms with Gasteiger partial charge in [0.2, 0.25) is 0 Å². The van der Waals surface area contributed by atoms with Gasteiger partial charge in [0, 0.05) is 0 Å². The Morgan fingerprint density at radius 2 is 1.75 bits per heavy atom. The number of benzene rings is 2. The molecule has 0 radical (unpaired) electrons. The molecule has 0 aliphatic carbocycles. The molecule has 0 aromatic heterocycles. The smallest absolute Gasteiger partial charge is 0.259 e. The van der Waals surface area contributed by atoms with Crippen molar-refractivity contribution in [2.45, 2.75) is 13.0 Å². The van der Waals surface area contributed by atoms with Gasteiger partial charge in [-0.15, -0.1) is 0 Å². The number of nitrogens with one attached hydrogen (secondary N) is 1. The van der Waals surface area contributed by atoms with Gasteiger partial charge in [0.15, 0.2) is 0 Å². The Balaban J connectivity index is 2.20. The van der Waals surface area contributed by atoms with E-state index in [0.717, 1.165) is 0 Å². The Labute approximate surface area is 115 Å². The average Bonchev–Trinajstić information content (AvgIpc) is 2.38. The second kappa shape index (κ2) is 5.61. The summed E-state index contributed by atoms with van der Waals surface area (Å²) in [6.45, 7) is 1.68. The van der Waals surface area contributed by atoms with Crippen molar-refractivity contribution in [3.8, 4) is 11.5 Å². The van der Waals surface area contributed by atoms with E-state index in [1.165, 1.54) is 30.3 Å². The standard InChI is InChI=1S/C15H14FNO3/c1-9(10-4-2-5-11(16)8-10)17-15(20)14-12(18)6-3-7-13(14)19/h2-9,18-19H,1H3,(H,17,20). The zero-order valence-corrected chi connectivity index (χ0v) is 10.8. The van der Waals surface area contributed by atoms with Crippen molar-refractivity contribution in [1.82, 2.24) is 5.32 Å². The fourth-order valence-electron chi connectivity index (χ4n) is 1.89. The number of hydrogen-bond acceptors (Lipinski definition) is 3. The lowest BCUT2D eigenvalue weighted by atomic mass is 10.1. The molecule has 2 aromatic carbocycles. The maximum absolute atomic E-state index is 13.1. The van der Waals surface area contributed by atoms with Crippen molar-refractivity contribution in [1.29, 1.82) is 0 Å². The van der Waals surface area contributed by atoms with Gasteiger partial charge in [-0.25, -0.2) is 4.39 Å². The number of phenols is 2. The van der Waals surface area contributed by atoms with Crippen LogP contribution in [0.1, 0.15) is 28.9 Å². The summed E-state index contributed by atoms with van der Waals surface area (Å²) in [6, 6.07) is 9.43. The number of phenolic OH excluding ortho intramolecular Hbond substituents is 2. The lowest BCUT2D eigenvalue weighted by Crippen LogP contribution is -2.26. The normalized spacial score (nSPS) is 11.9. The first-order valence-corrected chi connectivity index (χ1v) is 6.06. The molecule has 1 unspecified atom stereocenters. The van der Waals surface area contributed by atoms with Crippen molar-refractivity contribution in [2.75, 3.05) is 0 Å². The van der Waals surface area contributed by atoms with E-state index in [-0.39, 0.29) is 17.1 Å². The second-order valence-electron chi connectivity index (χ2n) is 4.42. The fourth-order valence-corrected chi connectivity index (χ4v) is 1.89. The Hall–Kier alpha value is -2.56. The molecule has 1 amide bonds. The highest BCUT2D eigenvalue weighted by Gasteiger charge is 2.18. The number of aromatic hydroxyl groups is 2. The molecule has 0 spiro atoms. The van der Waals surface area contributed by atoms with Crippen LogP contribution in [0.2, 0.25) is 0 Å². The average molecular weight is 275 g/mol. The van der Waals surface area contributed by atoms with Crippen LogP contribution >= 0.6 is 0 Å². The molecule has 0 fully saturated rings. The van der Waals surface area contributed by atoms with Crippen molar-refractivity contribution in [3.63, 3.8) is 0 Å². The third kappa shape index (κ3) is 2.88. The maximum atomic E-state index is 13.1. The molecule has 2 rings (SSSR count). The van der Waals surface area contributed by atoms with Crippen molar-refractivity contribution >= 4 is 5.91 Å². The third-order valence-corrected chi connectivity index (χ3v) is 2.94. The van der Waals surface area contributed by atoms with Crippen LogP contribution in [0.5, 0.6) is 11.5 Å². The molecule has 0 saturated carbocycles. The van der Waals surface area contributed by atoms with E-state index in [0.29, 0.717) is 5.56 Å². The number of halogens is 1. The molecule has 4 nitrogen and oxygen atoms in total. The number of amides is 1. The number of hydrogen-bond donors (Lipinski definition) is 3. The molecule has 104 valence electrons. The van der Waals surface area contributed by atoms with E-state index in [2.05, 4.69) is 5.32 Å². The lowest BCUT2D eigenvalue weighted by Gasteiger charge is -2.15. The summed E-state index contributed by atoms with van der Waals surface area (Å²) in [7, 11) is 0. The lowest BCUT2D eigenvalue weighted by molar-refractivity contribution is 0.0934. The minimum Gasteiger partial charge on any atom is -0.507 e. The van der Waals surface area contributed by atoms with Crippen LogP contribution < -0.4 is 5.32 Å². The van der Waals surface area contributed by atoms with Gasteiger partial charge in [-0.3, -0.25) is 4.79 Å². The van der Waals surface area contributed by atoms with E-state index >= 15 is 0 Å². The molecular formula is C15H14FNO3. The summed E-state index contributed by atoms with van der Waals surface area (Å²) < 4.78 is 13.1. The molecule has 0 heterocycles. The van der Waals surface area contributed by atoms with Gasteiger partial charge in [0.25, 0.3) is 5.91 Å². The van der Waals surface area contributed by atoms with Crippen LogP contribution in [-0.4, -0.2) is 16.1 Å². The van der Waals surface area contributed by atoms with E-state index in [4.69, 9.17) is 0 Å². The molecule has 2 aromatic rings. The molecule has 0 bridgehead atoms. The predicted molar refractivity (Wildman–Crippen MR) is 72.1 cm³/mol. The SMILES string of the molecule is CC(NC(=O)c1c(O)cccc1O)c1cccc(F)c1. The Kier molecular flexibility index (Phi) is 3.89. The molecule has 0 saturated heterocycles. The minimum atomic E-state index is -0.627. The van der Waals surface area contributed by atoms with Gasteiger partial charge < -0.3 is 15.5 Å².